The molecule has 0 amide bonds. The summed E-state index contributed by atoms with van der Waals surface area (Å²) in [4.78, 5) is 2.66. The van der Waals surface area contributed by atoms with E-state index < -0.39 is 6.23 Å². The van der Waals surface area contributed by atoms with Gasteiger partial charge in [0.1, 0.15) is 6.23 Å². The summed E-state index contributed by atoms with van der Waals surface area (Å²) in [6.07, 6.45) is 3.99. The first-order valence-electron chi connectivity index (χ1n) is 11.2. The van der Waals surface area contributed by atoms with Gasteiger partial charge in [0.15, 0.2) is 0 Å². The lowest BCUT2D eigenvalue weighted by Crippen LogP contribution is -2.52. The molecule has 1 atom stereocenters. The van der Waals surface area contributed by atoms with Gasteiger partial charge in [0.25, 0.3) is 0 Å². The van der Waals surface area contributed by atoms with Crippen LogP contribution in [-0.4, -0.2) is 55.1 Å². The van der Waals surface area contributed by atoms with Crippen molar-refractivity contribution in [3.63, 3.8) is 0 Å². The molecule has 4 rings (SSSR count). The van der Waals surface area contributed by atoms with Crippen molar-refractivity contribution in [3.05, 3.63) is 59.1 Å². The SMILES string of the molecule is CC(O)NCC1(c2ccc(-c3cccc(Cl)c3)cc2)CCN(C2CCOCC2)CC1. The molecule has 2 heterocycles. The fourth-order valence-corrected chi connectivity index (χ4v) is 5.15. The standard InChI is InChI=1S/C25H33ClN2O2/c1-19(29)27-18-25(11-13-28(14-12-25)24-9-15-30-16-10-24)22-7-5-20(6-8-22)21-3-2-4-23(26)17-21/h2-8,17,19,24,27,29H,9-16,18H2,1H3. The average Bonchev–Trinajstić information content (AvgIpc) is 2.79. The Kier molecular flexibility index (Phi) is 7.12. The Morgan fingerprint density at radius 3 is 2.43 bits per heavy atom. The fraction of sp³-hybridized carbons (Fsp3) is 0.520. The molecular formula is C25H33ClN2O2. The highest BCUT2D eigenvalue weighted by atomic mass is 35.5. The molecule has 2 aliphatic rings. The Bertz CT molecular complexity index is 810. The molecule has 0 aliphatic carbocycles. The monoisotopic (exact) mass is 428 g/mol. The van der Waals surface area contributed by atoms with Crippen LogP contribution in [0.5, 0.6) is 0 Å². The van der Waals surface area contributed by atoms with Gasteiger partial charge in [0.05, 0.1) is 0 Å². The number of piperidine rings is 1. The highest BCUT2D eigenvalue weighted by Crippen LogP contribution is 2.37. The molecule has 2 aromatic rings. The van der Waals surface area contributed by atoms with Crippen molar-refractivity contribution in [2.45, 2.75) is 50.3 Å². The summed E-state index contributed by atoms with van der Waals surface area (Å²) in [5.41, 5.74) is 3.72. The van der Waals surface area contributed by atoms with E-state index in [9.17, 15) is 5.11 Å². The largest absolute Gasteiger partial charge is 0.381 e. The minimum absolute atomic E-state index is 0.0471. The van der Waals surface area contributed by atoms with Crippen LogP contribution in [-0.2, 0) is 10.2 Å². The molecule has 0 spiro atoms. The minimum atomic E-state index is -0.499. The maximum absolute atomic E-state index is 9.87. The summed E-state index contributed by atoms with van der Waals surface area (Å²) in [5, 5.41) is 13.9. The number of hydrogen-bond acceptors (Lipinski definition) is 4. The van der Waals surface area contributed by atoms with Crippen LogP contribution in [0, 0.1) is 0 Å². The van der Waals surface area contributed by atoms with Gasteiger partial charge in [-0.2, -0.15) is 0 Å². The molecule has 0 aromatic heterocycles. The van der Waals surface area contributed by atoms with Crippen molar-refractivity contribution in [1.29, 1.82) is 0 Å². The molecule has 162 valence electrons. The van der Waals surface area contributed by atoms with Gasteiger partial charge in [-0.05, 0) is 74.5 Å². The van der Waals surface area contributed by atoms with E-state index in [4.69, 9.17) is 16.3 Å². The first-order chi connectivity index (χ1) is 14.6. The van der Waals surface area contributed by atoms with Crippen molar-refractivity contribution in [3.8, 4) is 11.1 Å². The summed E-state index contributed by atoms with van der Waals surface area (Å²) in [5.74, 6) is 0. The third-order valence-electron chi connectivity index (χ3n) is 6.85. The highest BCUT2D eigenvalue weighted by molar-refractivity contribution is 6.30. The van der Waals surface area contributed by atoms with Crippen molar-refractivity contribution < 1.29 is 9.84 Å². The van der Waals surface area contributed by atoms with Gasteiger partial charge in [-0.25, -0.2) is 0 Å². The lowest BCUT2D eigenvalue weighted by molar-refractivity contribution is 0.0154. The second-order valence-corrected chi connectivity index (χ2v) is 9.24. The maximum Gasteiger partial charge on any atom is 0.102 e. The van der Waals surface area contributed by atoms with Gasteiger partial charge in [0.2, 0.25) is 0 Å². The van der Waals surface area contributed by atoms with Crippen LogP contribution in [0.3, 0.4) is 0 Å². The van der Waals surface area contributed by atoms with Crippen molar-refractivity contribution >= 4 is 11.6 Å². The molecule has 2 fully saturated rings. The molecule has 5 heteroatoms. The summed E-state index contributed by atoms with van der Waals surface area (Å²) in [6.45, 7) is 6.57. The fourth-order valence-electron chi connectivity index (χ4n) is 4.96. The number of hydrogen-bond donors (Lipinski definition) is 2. The Morgan fingerprint density at radius 1 is 1.10 bits per heavy atom. The van der Waals surface area contributed by atoms with Gasteiger partial charge in [0, 0.05) is 36.2 Å². The molecule has 4 nitrogen and oxygen atoms in total. The number of likely N-dealkylation sites (tertiary alicyclic amines) is 1. The second-order valence-electron chi connectivity index (χ2n) is 8.80. The van der Waals surface area contributed by atoms with Crippen LogP contribution in [0.25, 0.3) is 11.1 Å². The molecule has 2 aromatic carbocycles. The molecule has 2 N–H and O–H groups in total. The maximum atomic E-state index is 9.87. The van der Waals surface area contributed by atoms with Gasteiger partial charge in [-0.15, -0.1) is 0 Å². The summed E-state index contributed by atoms with van der Waals surface area (Å²) in [7, 11) is 0. The number of ether oxygens (including phenoxy) is 1. The third-order valence-corrected chi connectivity index (χ3v) is 7.09. The number of rotatable bonds is 6. The van der Waals surface area contributed by atoms with E-state index in [1.165, 1.54) is 11.1 Å². The van der Waals surface area contributed by atoms with Crippen LogP contribution in [0.1, 0.15) is 38.2 Å². The topological polar surface area (TPSA) is 44.7 Å². The van der Waals surface area contributed by atoms with Crippen LogP contribution in [0.2, 0.25) is 5.02 Å². The average molecular weight is 429 g/mol. The van der Waals surface area contributed by atoms with E-state index in [-0.39, 0.29) is 5.41 Å². The summed E-state index contributed by atoms with van der Waals surface area (Å²) >= 11 is 6.17. The Hall–Kier alpha value is -1.43. The smallest absolute Gasteiger partial charge is 0.102 e. The predicted octanol–water partition coefficient (Wildman–Crippen LogP) is 4.45. The van der Waals surface area contributed by atoms with Gasteiger partial charge < -0.3 is 14.7 Å². The van der Waals surface area contributed by atoms with Crippen LogP contribution in [0.4, 0.5) is 0 Å². The van der Waals surface area contributed by atoms with Crippen molar-refractivity contribution in [2.24, 2.45) is 0 Å². The minimum Gasteiger partial charge on any atom is -0.381 e. The zero-order chi connectivity index (χ0) is 21.0. The highest BCUT2D eigenvalue weighted by Gasteiger charge is 2.38. The first kappa shape index (κ1) is 21.8. The van der Waals surface area contributed by atoms with Gasteiger partial charge >= 0.3 is 0 Å². The Balaban J connectivity index is 1.52. The van der Waals surface area contributed by atoms with Crippen LogP contribution < -0.4 is 5.32 Å². The van der Waals surface area contributed by atoms with E-state index in [1.807, 2.05) is 18.2 Å². The first-order valence-corrected chi connectivity index (χ1v) is 11.5. The third kappa shape index (κ3) is 5.06. The Morgan fingerprint density at radius 2 is 1.80 bits per heavy atom. The molecule has 0 saturated carbocycles. The number of aliphatic hydroxyl groups excluding tert-OH is 1. The number of halogens is 1. The van der Waals surface area contributed by atoms with Crippen LogP contribution >= 0.6 is 11.6 Å². The zero-order valence-electron chi connectivity index (χ0n) is 17.8. The predicted molar refractivity (Wildman–Crippen MR) is 123 cm³/mol. The number of benzene rings is 2. The number of nitrogens with one attached hydrogen (secondary N) is 1. The lowest BCUT2D eigenvalue weighted by atomic mass is 9.72. The zero-order valence-corrected chi connectivity index (χ0v) is 18.6. The summed E-state index contributed by atoms with van der Waals surface area (Å²) < 4.78 is 5.55. The van der Waals surface area contributed by atoms with E-state index in [2.05, 4.69) is 40.5 Å². The molecule has 2 saturated heterocycles. The summed E-state index contributed by atoms with van der Waals surface area (Å²) in [6, 6.07) is 17.6. The number of aliphatic hydroxyl groups is 1. The van der Waals surface area contributed by atoms with E-state index >= 15 is 0 Å². The second kappa shape index (κ2) is 9.80. The lowest BCUT2D eigenvalue weighted by Gasteiger charge is -2.46. The normalized spacial score (nSPS) is 21.4. The van der Waals surface area contributed by atoms with Gasteiger partial charge in [-0.3, -0.25) is 5.32 Å². The van der Waals surface area contributed by atoms with Crippen molar-refractivity contribution in [1.82, 2.24) is 10.2 Å². The molecule has 2 aliphatic heterocycles. The molecule has 0 radical (unpaired) electrons. The molecule has 0 bridgehead atoms. The number of nitrogens with zero attached hydrogens (tertiary/aromatic N) is 1. The van der Waals surface area contributed by atoms with Crippen molar-refractivity contribution in [2.75, 3.05) is 32.8 Å². The molecular weight excluding hydrogens is 396 g/mol. The van der Waals surface area contributed by atoms with E-state index in [0.717, 1.165) is 69.1 Å². The molecule has 30 heavy (non-hydrogen) atoms. The quantitative estimate of drug-likeness (QED) is 0.667. The van der Waals surface area contributed by atoms with Crippen LogP contribution in [0.15, 0.2) is 48.5 Å². The van der Waals surface area contributed by atoms with Gasteiger partial charge in [-0.1, -0.05) is 48.0 Å². The Labute approximate surface area is 185 Å². The van der Waals surface area contributed by atoms with E-state index in [1.54, 1.807) is 6.92 Å². The van der Waals surface area contributed by atoms with E-state index in [0.29, 0.717) is 6.04 Å². The molecule has 1 unspecified atom stereocenters.